The number of oxime groups is 1. The number of carbonyl (C=O) groups excluding carboxylic acids is 1. The van der Waals surface area contributed by atoms with Crippen molar-refractivity contribution in [2.45, 2.75) is 38.1 Å². The van der Waals surface area contributed by atoms with Gasteiger partial charge in [0.2, 0.25) is 0 Å². The first-order valence-corrected chi connectivity index (χ1v) is 8.34. The van der Waals surface area contributed by atoms with E-state index in [-0.39, 0.29) is 6.04 Å². The van der Waals surface area contributed by atoms with Gasteiger partial charge in [0.25, 0.3) is 0 Å². The van der Waals surface area contributed by atoms with Crippen molar-refractivity contribution in [3.8, 4) is 0 Å². The minimum Gasteiger partial charge on any atom is -0.317 e. The Balaban J connectivity index is 1.73. The summed E-state index contributed by atoms with van der Waals surface area (Å²) in [6.07, 6.45) is 8.45. The fourth-order valence-electron chi connectivity index (χ4n) is 2.90. The van der Waals surface area contributed by atoms with Crippen molar-refractivity contribution in [3.63, 3.8) is 0 Å². The SMILES string of the molecule is O=C(NC1CCCCC1)O/N=C(/c1ccccc1)c1ccncc1. The van der Waals surface area contributed by atoms with Crippen LogP contribution >= 0.6 is 0 Å². The van der Waals surface area contributed by atoms with Crippen molar-refractivity contribution < 1.29 is 9.63 Å². The molecule has 2 aromatic rings. The Morgan fingerprint density at radius 3 is 2.38 bits per heavy atom. The summed E-state index contributed by atoms with van der Waals surface area (Å²) in [5.74, 6) is 0. The molecule has 1 N–H and O–H groups in total. The predicted octanol–water partition coefficient (Wildman–Crippen LogP) is 3.89. The zero-order chi connectivity index (χ0) is 16.6. The standard InChI is InChI=1S/C19H21N3O2/c23-19(21-17-9-5-2-6-10-17)24-22-18(15-7-3-1-4-8-15)16-11-13-20-14-12-16/h1,3-4,7-8,11-14,17H,2,5-6,9-10H2,(H,21,23)/b22-18-. The van der Waals surface area contributed by atoms with Crippen LogP contribution in [-0.2, 0) is 4.84 Å². The van der Waals surface area contributed by atoms with E-state index in [0.29, 0.717) is 5.71 Å². The molecule has 0 bridgehead atoms. The molecule has 1 aliphatic carbocycles. The number of aromatic nitrogens is 1. The van der Waals surface area contributed by atoms with Gasteiger partial charge in [-0.25, -0.2) is 4.79 Å². The predicted molar refractivity (Wildman–Crippen MR) is 92.8 cm³/mol. The van der Waals surface area contributed by atoms with Gasteiger partial charge >= 0.3 is 6.09 Å². The first-order chi connectivity index (χ1) is 11.8. The first kappa shape index (κ1) is 16.2. The van der Waals surface area contributed by atoms with Gasteiger partial charge in [-0.3, -0.25) is 9.82 Å². The van der Waals surface area contributed by atoms with E-state index in [1.54, 1.807) is 12.4 Å². The van der Waals surface area contributed by atoms with E-state index in [1.165, 1.54) is 6.42 Å². The minimum absolute atomic E-state index is 0.197. The molecule has 1 aliphatic rings. The summed E-state index contributed by atoms with van der Waals surface area (Å²) < 4.78 is 0. The van der Waals surface area contributed by atoms with Crippen LogP contribution in [0.2, 0.25) is 0 Å². The lowest BCUT2D eigenvalue weighted by Gasteiger charge is -2.21. The van der Waals surface area contributed by atoms with Crippen molar-refractivity contribution in [3.05, 3.63) is 66.0 Å². The van der Waals surface area contributed by atoms with Crippen LogP contribution in [0.25, 0.3) is 0 Å². The van der Waals surface area contributed by atoms with Gasteiger partial charge in [-0.2, -0.15) is 0 Å². The summed E-state index contributed by atoms with van der Waals surface area (Å²) in [6.45, 7) is 0. The van der Waals surface area contributed by atoms with E-state index in [0.717, 1.165) is 36.8 Å². The summed E-state index contributed by atoms with van der Waals surface area (Å²) in [4.78, 5) is 21.2. The molecule has 0 spiro atoms. The van der Waals surface area contributed by atoms with Crippen LogP contribution in [-0.4, -0.2) is 22.8 Å². The molecule has 0 saturated heterocycles. The van der Waals surface area contributed by atoms with E-state index in [1.807, 2.05) is 42.5 Å². The molecule has 1 heterocycles. The third kappa shape index (κ3) is 4.41. The zero-order valence-corrected chi connectivity index (χ0v) is 13.5. The van der Waals surface area contributed by atoms with Gasteiger partial charge in [0.1, 0.15) is 5.71 Å². The lowest BCUT2D eigenvalue weighted by atomic mass is 9.96. The van der Waals surface area contributed by atoms with E-state index < -0.39 is 6.09 Å². The Kier molecular flexibility index (Phi) is 5.56. The van der Waals surface area contributed by atoms with Crippen LogP contribution in [0.5, 0.6) is 0 Å². The first-order valence-electron chi connectivity index (χ1n) is 8.34. The Labute approximate surface area is 141 Å². The van der Waals surface area contributed by atoms with E-state index >= 15 is 0 Å². The second-order valence-corrected chi connectivity index (χ2v) is 5.90. The smallest absolute Gasteiger partial charge is 0.317 e. The number of nitrogens with zero attached hydrogens (tertiary/aromatic N) is 2. The molecule has 1 amide bonds. The van der Waals surface area contributed by atoms with Crippen molar-refractivity contribution in [1.82, 2.24) is 10.3 Å². The van der Waals surface area contributed by atoms with Crippen molar-refractivity contribution in [2.75, 3.05) is 0 Å². The number of hydrogen-bond acceptors (Lipinski definition) is 4. The Morgan fingerprint density at radius 2 is 1.67 bits per heavy atom. The van der Waals surface area contributed by atoms with Gasteiger partial charge in [0.05, 0.1) is 0 Å². The lowest BCUT2D eigenvalue weighted by Crippen LogP contribution is -2.36. The maximum atomic E-state index is 12.0. The lowest BCUT2D eigenvalue weighted by molar-refractivity contribution is 0.143. The van der Waals surface area contributed by atoms with Crippen molar-refractivity contribution >= 4 is 11.8 Å². The van der Waals surface area contributed by atoms with E-state index in [2.05, 4.69) is 15.5 Å². The summed E-state index contributed by atoms with van der Waals surface area (Å²) in [5.41, 5.74) is 2.34. The molecule has 0 aliphatic heterocycles. The van der Waals surface area contributed by atoms with Crippen LogP contribution in [0.3, 0.4) is 0 Å². The quantitative estimate of drug-likeness (QED) is 0.527. The molecule has 3 rings (SSSR count). The zero-order valence-electron chi connectivity index (χ0n) is 13.5. The third-order valence-electron chi connectivity index (χ3n) is 4.15. The number of carbonyl (C=O) groups is 1. The van der Waals surface area contributed by atoms with Gasteiger partial charge < -0.3 is 5.32 Å². The number of nitrogens with one attached hydrogen (secondary N) is 1. The molecule has 5 nitrogen and oxygen atoms in total. The summed E-state index contributed by atoms with van der Waals surface area (Å²) >= 11 is 0. The summed E-state index contributed by atoms with van der Waals surface area (Å²) in [6, 6.07) is 13.5. The molecular weight excluding hydrogens is 302 g/mol. The van der Waals surface area contributed by atoms with Crippen molar-refractivity contribution in [2.24, 2.45) is 5.16 Å². The topological polar surface area (TPSA) is 63.6 Å². The summed E-state index contributed by atoms with van der Waals surface area (Å²) in [7, 11) is 0. The molecule has 0 unspecified atom stereocenters. The van der Waals surface area contributed by atoms with E-state index in [4.69, 9.17) is 4.84 Å². The highest BCUT2D eigenvalue weighted by atomic mass is 16.7. The second-order valence-electron chi connectivity index (χ2n) is 5.90. The minimum atomic E-state index is -0.496. The average Bonchev–Trinajstić information content (AvgIpc) is 2.64. The molecule has 0 radical (unpaired) electrons. The van der Waals surface area contributed by atoms with Gasteiger partial charge in [-0.1, -0.05) is 54.8 Å². The molecule has 124 valence electrons. The fourth-order valence-corrected chi connectivity index (χ4v) is 2.90. The molecule has 1 aromatic heterocycles. The highest BCUT2D eigenvalue weighted by Crippen LogP contribution is 2.17. The van der Waals surface area contributed by atoms with Crippen LogP contribution in [0, 0.1) is 0 Å². The number of benzene rings is 1. The monoisotopic (exact) mass is 323 g/mol. The maximum absolute atomic E-state index is 12.0. The Morgan fingerprint density at radius 1 is 1.00 bits per heavy atom. The molecule has 5 heteroatoms. The molecule has 0 atom stereocenters. The number of rotatable bonds is 4. The normalized spacial score (nSPS) is 15.8. The van der Waals surface area contributed by atoms with E-state index in [9.17, 15) is 4.79 Å². The van der Waals surface area contributed by atoms with Crippen LogP contribution in [0.1, 0.15) is 43.2 Å². The number of hydrogen-bond donors (Lipinski definition) is 1. The van der Waals surface area contributed by atoms with Crippen LogP contribution in [0.4, 0.5) is 4.79 Å². The highest BCUT2D eigenvalue weighted by Gasteiger charge is 2.17. The number of amides is 1. The largest absolute Gasteiger partial charge is 0.433 e. The Hall–Kier alpha value is -2.69. The molecule has 24 heavy (non-hydrogen) atoms. The van der Waals surface area contributed by atoms with Crippen LogP contribution < -0.4 is 5.32 Å². The molecular formula is C19H21N3O2. The Bertz CT molecular complexity index is 639. The number of pyridine rings is 1. The average molecular weight is 323 g/mol. The van der Waals surface area contributed by atoms with Gasteiger partial charge in [0, 0.05) is 29.6 Å². The third-order valence-corrected chi connectivity index (χ3v) is 4.15. The summed E-state index contributed by atoms with van der Waals surface area (Å²) in [5, 5.41) is 7.00. The molecule has 1 fully saturated rings. The second kappa shape index (κ2) is 8.24. The van der Waals surface area contributed by atoms with Gasteiger partial charge in [-0.05, 0) is 25.0 Å². The molecule has 1 saturated carbocycles. The maximum Gasteiger partial charge on any atom is 0.433 e. The van der Waals surface area contributed by atoms with Gasteiger partial charge in [0.15, 0.2) is 0 Å². The van der Waals surface area contributed by atoms with Crippen LogP contribution in [0.15, 0.2) is 60.0 Å². The molecule has 1 aromatic carbocycles. The fraction of sp³-hybridized carbons (Fsp3) is 0.316. The highest BCUT2D eigenvalue weighted by molar-refractivity contribution is 6.12. The van der Waals surface area contributed by atoms with Gasteiger partial charge in [-0.15, -0.1) is 0 Å². The van der Waals surface area contributed by atoms with Crippen molar-refractivity contribution in [1.29, 1.82) is 0 Å².